The number of hydrogen-bond acceptors (Lipinski definition) is 6. The molecule has 8 heteroatoms. The zero-order valence-electron chi connectivity index (χ0n) is 34.0. The van der Waals surface area contributed by atoms with Crippen LogP contribution in [-0.4, -0.2) is 80.6 Å². The molecule has 0 spiro atoms. The number of esters is 2. The molecule has 0 aromatic rings. The van der Waals surface area contributed by atoms with Gasteiger partial charge in [-0.05, 0) is 51.4 Å². The van der Waals surface area contributed by atoms with Gasteiger partial charge in [0.25, 0.3) is 0 Å². The summed E-state index contributed by atoms with van der Waals surface area (Å²) in [5.74, 6) is -1.63. The van der Waals surface area contributed by atoms with E-state index in [2.05, 4.69) is 50.3 Å². The summed E-state index contributed by atoms with van der Waals surface area (Å²) in [6.07, 6.45) is 40.6. The lowest BCUT2D eigenvalue weighted by atomic mass is 10.1. The minimum atomic E-state index is -0.887. The van der Waals surface area contributed by atoms with Gasteiger partial charge in [-0.1, -0.05) is 140 Å². The Bertz CT molecular complexity index is 995. The summed E-state index contributed by atoms with van der Waals surface area (Å²) in [5, 5.41) is 9.58. The van der Waals surface area contributed by atoms with E-state index in [0.29, 0.717) is 12.8 Å². The number of carbonyl (C=O) groups is 3. The zero-order valence-corrected chi connectivity index (χ0v) is 34.0. The van der Waals surface area contributed by atoms with E-state index in [1.54, 1.807) is 6.08 Å². The van der Waals surface area contributed by atoms with Gasteiger partial charge in [-0.3, -0.25) is 9.59 Å². The quantitative estimate of drug-likeness (QED) is 0.0296. The van der Waals surface area contributed by atoms with Crippen LogP contribution in [0.25, 0.3) is 0 Å². The SMILES string of the molecule is CC/C=C/C/C=C/C/C=C/CC(=O)OCC(COCCC(C(=O)O)[N+](C)(C)C)OC(=O)CCCCCCCCC/C=C/CCCCCCCCCC. The zero-order chi connectivity index (χ0) is 38.5. The molecule has 52 heavy (non-hydrogen) atoms. The van der Waals surface area contributed by atoms with Crippen LogP contribution in [0.3, 0.4) is 0 Å². The van der Waals surface area contributed by atoms with Crippen LogP contribution in [0.4, 0.5) is 0 Å². The normalized spacial score (nSPS) is 13.5. The van der Waals surface area contributed by atoms with E-state index >= 15 is 0 Å². The highest BCUT2D eigenvalue weighted by molar-refractivity contribution is 5.72. The lowest BCUT2D eigenvalue weighted by Crippen LogP contribution is -2.50. The average molecular weight is 733 g/mol. The summed E-state index contributed by atoms with van der Waals surface area (Å²) in [6.45, 7) is 4.49. The molecule has 0 aliphatic heterocycles. The van der Waals surface area contributed by atoms with Crippen LogP contribution in [0.15, 0.2) is 48.6 Å². The van der Waals surface area contributed by atoms with E-state index in [1.807, 2.05) is 27.2 Å². The third-order valence-electron chi connectivity index (χ3n) is 9.00. The molecule has 0 aliphatic rings. The molecule has 0 amide bonds. The van der Waals surface area contributed by atoms with Crippen molar-refractivity contribution in [3.63, 3.8) is 0 Å². The van der Waals surface area contributed by atoms with Gasteiger partial charge in [0.1, 0.15) is 6.61 Å². The number of carboxylic acid groups (broad SMARTS) is 1. The molecule has 2 unspecified atom stereocenters. The van der Waals surface area contributed by atoms with E-state index < -0.39 is 24.1 Å². The van der Waals surface area contributed by atoms with Crippen LogP contribution >= 0.6 is 0 Å². The van der Waals surface area contributed by atoms with Crippen LogP contribution in [0.5, 0.6) is 0 Å². The van der Waals surface area contributed by atoms with Crippen molar-refractivity contribution in [3.8, 4) is 0 Å². The van der Waals surface area contributed by atoms with Gasteiger partial charge in [-0.25, -0.2) is 4.79 Å². The first kappa shape index (κ1) is 49.3. The third kappa shape index (κ3) is 33.1. The molecular formula is C44H78NO7+. The number of aliphatic carboxylic acids is 1. The fraction of sp³-hybridized carbons (Fsp3) is 0.750. The van der Waals surface area contributed by atoms with E-state index in [1.165, 1.54) is 89.9 Å². The van der Waals surface area contributed by atoms with Gasteiger partial charge >= 0.3 is 17.9 Å². The maximum Gasteiger partial charge on any atom is 0.362 e. The number of carbonyl (C=O) groups excluding carboxylic acids is 2. The first-order valence-electron chi connectivity index (χ1n) is 20.7. The minimum Gasteiger partial charge on any atom is -0.477 e. The van der Waals surface area contributed by atoms with Gasteiger partial charge < -0.3 is 23.8 Å². The van der Waals surface area contributed by atoms with Crippen molar-refractivity contribution in [1.82, 2.24) is 0 Å². The van der Waals surface area contributed by atoms with Crippen LogP contribution in [0.2, 0.25) is 0 Å². The molecular weight excluding hydrogens is 654 g/mol. The second kappa shape index (κ2) is 35.3. The average Bonchev–Trinajstić information content (AvgIpc) is 3.09. The third-order valence-corrected chi connectivity index (χ3v) is 9.00. The molecule has 0 rings (SSSR count). The van der Waals surface area contributed by atoms with E-state index in [-0.39, 0.29) is 36.7 Å². The van der Waals surface area contributed by atoms with Crippen LogP contribution in [-0.2, 0) is 28.6 Å². The molecule has 0 aliphatic carbocycles. The number of allylic oxidation sites excluding steroid dienone is 7. The Labute approximate surface area is 318 Å². The standard InChI is InChI=1S/C44H77NO7/c1-6-8-10-12-14-16-17-18-19-20-21-22-23-24-25-27-29-31-33-35-43(47)52-40(38-50-37-36-41(44(48)49)45(3,4)5)39-51-42(46)34-32-30-28-26-15-13-11-9-7-2/h9,11,15,20-21,26,30,32,40-41H,6-8,10,12-14,16-19,22-25,27-29,31,33-39H2,1-5H3/p+1/b11-9+,21-20+,26-15+,32-30+. The first-order chi connectivity index (χ1) is 25.1. The van der Waals surface area contributed by atoms with Crippen molar-refractivity contribution < 1.29 is 38.2 Å². The molecule has 0 saturated heterocycles. The Morgan fingerprint density at radius 3 is 1.67 bits per heavy atom. The summed E-state index contributed by atoms with van der Waals surface area (Å²) in [5.41, 5.74) is 0. The van der Waals surface area contributed by atoms with Crippen LogP contribution in [0.1, 0.15) is 162 Å². The van der Waals surface area contributed by atoms with E-state index in [0.717, 1.165) is 38.5 Å². The number of unbranched alkanes of at least 4 members (excludes halogenated alkanes) is 15. The minimum absolute atomic E-state index is 0.0317. The number of carboxylic acids is 1. The number of ether oxygens (including phenoxy) is 3. The highest BCUT2D eigenvalue weighted by Gasteiger charge is 2.31. The molecule has 0 bridgehead atoms. The van der Waals surface area contributed by atoms with Gasteiger partial charge in [-0.15, -0.1) is 0 Å². The Morgan fingerprint density at radius 1 is 0.615 bits per heavy atom. The summed E-state index contributed by atoms with van der Waals surface area (Å²) >= 11 is 0. The summed E-state index contributed by atoms with van der Waals surface area (Å²) < 4.78 is 17.1. The number of likely N-dealkylation sites (N-methyl/N-ethyl adjacent to an activating group) is 1. The number of nitrogens with zero attached hydrogens (tertiary/aromatic N) is 1. The molecule has 300 valence electrons. The summed E-state index contributed by atoms with van der Waals surface area (Å²) in [4.78, 5) is 36.7. The number of quaternary nitrogens is 1. The lowest BCUT2D eigenvalue weighted by Gasteiger charge is -2.31. The largest absolute Gasteiger partial charge is 0.477 e. The second-order valence-corrected chi connectivity index (χ2v) is 14.9. The molecule has 2 atom stereocenters. The highest BCUT2D eigenvalue weighted by Crippen LogP contribution is 2.13. The van der Waals surface area contributed by atoms with Crippen molar-refractivity contribution in [1.29, 1.82) is 0 Å². The Balaban J connectivity index is 4.36. The second-order valence-electron chi connectivity index (χ2n) is 14.9. The number of hydrogen-bond donors (Lipinski definition) is 1. The van der Waals surface area contributed by atoms with Gasteiger partial charge in [0.2, 0.25) is 0 Å². The van der Waals surface area contributed by atoms with Crippen molar-refractivity contribution >= 4 is 17.9 Å². The van der Waals surface area contributed by atoms with Gasteiger partial charge in [0.15, 0.2) is 12.1 Å². The van der Waals surface area contributed by atoms with Gasteiger partial charge in [-0.2, -0.15) is 0 Å². The Morgan fingerprint density at radius 2 is 1.13 bits per heavy atom. The fourth-order valence-electron chi connectivity index (χ4n) is 5.79. The number of rotatable bonds is 36. The first-order valence-corrected chi connectivity index (χ1v) is 20.7. The van der Waals surface area contributed by atoms with Crippen molar-refractivity contribution in [2.45, 2.75) is 174 Å². The summed E-state index contributed by atoms with van der Waals surface area (Å²) in [6, 6.07) is -0.625. The highest BCUT2D eigenvalue weighted by atomic mass is 16.6. The lowest BCUT2D eigenvalue weighted by molar-refractivity contribution is -0.887. The van der Waals surface area contributed by atoms with Crippen molar-refractivity contribution in [2.75, 3.05) is 41.0 Å². The predicted molar refractivity (Wildman–Crippen MR) is 215 cm³/mol. The van der Waals surface area contributed by atoms with Gasteiger partial charge in [0, 0.05) is 12.8 Å². The topological polar surface area (TPSA) is 99.1 Å². The van der Waals surface area contributed by atoms with Crippen molar-refractivity contribution in [2.24, 2.45) is 0 Å². The Hall–Kier alpha value is -2.71. The van der Waals surface area contributed by atoms with Crippen LogP contribution in [0, 0.1) is 0 Å². The molecule has 0 fully saturated rings. The molecule has 0 saturated carbocycles. The monoisotopic (exact) mass is 733 g/mol. The summed E-state index contributed by atoms with van der Waals surface area (Å²) in [7, 11) is 5.49. The van der Waals surface area contributed by atoms with Gasteiger partial charge in [0.05, 0.1) is 40.8 Å². The molecule has 1 N–H and O–H groups in total. The maximum atomic E-state index is 12.7. The van der Waals surface area contributed by atoms with E-state index in [4.69, 9.17) is 14.2 Å². The fourth-order valence-corrected chi connectivity index (χ4v) is 5.79. The predicted octanol–water partition coefficient (Wildman–Crippen LogP) is 10.9. The Kier molecular flexibility index (Phi) is 33.5. The smallest absolute Gasteiger partial charge is 0.362 e. The molecule has 0 aromatic carbocycles. The van der Waals surface area contributed by atoms with E-state index in [9.17, 15) is 19.5 Å². The van der Waals surface area contributed by atoms with Crippen LogP contribution < -0.4 is 0 Å². The molecule has 0 heterocycles. The molecule has 8 nitrogen and oxygen atoms in total. The molecule has 0 aromatic heterocycles. The molecule has 0 radical (unpaired) electrons. The maximum absolute atomic E-state index is 12.7. The van der Waals surface area contributed by atoms with Crippen molar-refractivity contribution in [3.05, 3.63) is 48.6 Å².